The third-order valence-corrected chi connectivity index (χ3v) is 2.29. The SMILES string of the molecule is CC(C)C[C@H](NC(=O)C1CC=NO1)B(O)O. The summed E-state index contributed by atoms with van der Waals surface area (Å²) in [5.41, 5.74) is 0. The molecule has 0 aliphatic carbocycles. The van der Waals surface area contributed by atoms with Gasteiger partial charge in [-0.15, -0.1) is 0 Å². The lowest BCUT2D eigenvalue weighted by Crippen LogP contribution is -2.50. The predicted molar refractivity (Wildman–Crippen MR) is 59.6 cm³/mol. The van der Waals surface area contributed by atoms with E-state index in [1.165, 1.54) is 6.21 Å². The Morgan fingerprint density at radius 1 is 1.69 bits per heavy atom. The summed E-state index contributed by atoms with van der Waals surface area (Å²) in [6.07, 6.45) is 1.78. The predicted octanol–water partition coefficient (Wildman–Crippen LogP) is -0.696. The Labute approximate surface area is 94.8 Å². The number of rotatable bonds is 5. The Bertz CT molecular complexity index is 262. The molecule has 1 heterocycles. The van der Waals surface area contributed by atoms with Gasteiger partial charge in [0, 0.05) is 12.6 Å². The van der Waals surface area contributed by atoms with Gasteiger partial charge in [0.2, 0.25) is 6.10 Å². The standard InChI is InChI=1S/C9H17BN2O4/c1-6(2)5-8(10(14)15)12-9(13)7-3-4-11-16-7/h4,6-8,14-15H,3,5H2,1-2H3,(H,12,13)/t7?,8-/m0/s1. The largest absolute Gasteiger partial charge is 0.475 e. The molecule has 0 saturated carbocycles. The van der Waals surface area contributed by atoms with Crippen LogP contribution in [0.2, 0.25) is 0 Å². The maximum absolute atomic E-state index is 11.6. The Kier molecular flexibility index (Phi) is 4.76. The number of carbonyl (C=O) groups is 1. The molecule has 6 nitrogen and oxygen atoms in total. The number of nitrogens with zero attached hydrogens (tertiary/aromatic N) is 1. The number of hydrogen-bond donors (Lipinski definition) is 3. The van der Waals surface area contributed by atoms with Gasteiger partial charge in [-0.2, -0.15) is 0 Å². The highest BCUT2D eigenvalue weighted by Gasteiger charge is 2.30. The molecule has 7 heteroatoms. The van der Waals surface area contributed by atoms with Gasteiger partial charge in [-0.25, -0.2) is 0 Å². The van der Waals surface area contributed by atoms with E-state index >= 15 is 0 Å². The van der Waals surface area contributed by atoms with Crippen molar-refractivity contribution in [2.45, 2.75) is 38.7 Å². The average molecular weight is 228 g/mol. The van der Waals surface area contributed by atoms with Crippen molar-refractivity contribution in [2.75, 3.05) is 0 Å². The maximum atomic E-state index is 11.6. The minimum atomic E-state index is -1.56. The molecule has 2 atom stereocenters. The molecular formula is C9H17BN2O4. The molecule has 0 saturated heterocycles. The molecule has 3 N–H and O–H groups in total. The lowest BCUT2D eigenvalue weighted by atomic mass is 9.75. The highest BCUT2D eigenvalue weighted by Crippen LogP contribution is 2.09. The van der Waals surface area contributed by atoms with Crippen LogP contribution in [0.1, 0.15) is 26.7 Å². The third-order valence-electron chi connectivity index (χ3n) is 2.29. The molecule has 0 spiro atoms. The molecule has 1 aliphatic heterocycles. The van der Waals surface area contributed by atoms with Crippen molar-refractivity contribution in [3.63, 3.8) is 0 Å². The van der Waals surface area contributed by atoms with E-state index in [1.54, 1.807) is 0 Å². The fourth-order valence-corrected chi connectivity index (χ4v) is 1.49. The van der Waals surface area contributed by atoms with Gasteiger partial charge in [0.25, 0.3) is 5.91 Å². The molecule has 0 radical (unpaired) electrons. The average Bonchev–Trinajstić information content (AvgIpc) is 2.68. The van der Waals surface area contributed by atoms with Crippen molar-refractivity contribution >= 4 is 19.2 Å². The second kappa shape index (κ2) is 5.86. The second-order valence-corrected chi connectivity index (χ2v) is 4.28. The summed E-state index contributed by atoms with van der Waals surface area (Å²) in [4.78, 5) is 16.4. The zero-order valence-electron chi connectivity index (χ0n) is 9.46. The van der Waals surface area contributed by atoms with Crippen molar-refractivity contribution in [3.8, 4) is 0 Å². The van der Waals surface area contributed by atoms with Crippen molar-refractivity contribution < 1.29 is 19.7 Å². The normalized spacial score (nSPS) is 20.7. The van der Waals surface area contributed by atoms with Crippen LogP contribution in [0, 0.1) is 5.92 Å². The molecule has 0 aromatic carbocycles. The minimum absolute atomic E-state index is 0.257. The van der Waals surface area contributed by atoms with Crippen LogP contribution in [0.25, 0.3) is 0 Å². The first-order valence-corrected chi connectivity index (χ1v) is 5.35. The zero-order chi connectivity index (χ0) is 12.1. The van der Waals surface area contributed by atoms with E-state index in [4.69, 9.17) is 14.9 Å². The van der Waals surface area contributed by atoms with E-state index < -0.39 is 19.2 Å². The summed E-state index contributed by atoms with van der Waals surface area (Å²) in [5, 5.41) is 24.3. The van der Waals surface area contributed by atoms with Crippen LogP contribution in [-0.2, 0) is 9.63 Å². The molecule has 1 unspecified atom stereocenters. The van der Waals surface area contributed by atoms with Crippen LogP contribution in [0.3, 0.4) is 0 Å². The fourth-order valence-electron chi connectivity index (χ4n) is 1.49. The molecule has 90 valence electrons. The summed E-state index contributed by atoms with van der Waals surface area (Å²) in [5.74, 6) is -0.777. The Hall–Kier alpha value is -1.08. The van der Waals surface area contributed by atoms with Crippen LogP contribution in [0.4, 0.5) is 0 Å². The number of hydrogen-bond acceptors (Lipinski definition) is 5. The van der Waals surface area contributed by atoms with Crippen LogP contribution < -0.4 is 5.32 Å². The zero-order valence-corrected chi connectivity index (χ0v) is 9.46. The van der Waals surface area contributed by atoms with Gasteiger partial charge in [0.1, 0.15) is 0 Å². The summed E-state index contributed by atoms with van der Waals surface area (Å²) in [7, 11) is -1.56. The van der Waals surface area contributed by atoms with E-state index in [9.17, 15) is 4.79 Å². The highest BCUT2D eigenvalue weighted by atomic mass is 16.6. The number of amides is 1. The maximum Gasteiger partial charge on any atom is 0.475 e. The summed E-state index contributed by atoms with van der Waals surface area (Å²) in [6, 6.07) is 0. The summed E-state index contributed by atoms with van der Waals surface area (Å²) >= 11 is 0. The summed E-state index contributed by atoms with van der Waals surface area (Å²) in [6.45, 7) is 3.88. The third kappa shape index (κ3) is 3.82. The van der Waals surface area contributed by atoms with E-state index in [-0.39, 0.29) is 11.8 Å². The quantitative estimate of drug-likeness (QED) is 0.543. The smallest absolute Gasteiger partial charge is 0.426 e. The molecule has 0 aromatic rings. The second-order valence-electron chi connectivity index (χ2n) is 4.28. The lowest BCUT2D eigenvalue weighted by Gasteiger charge is -2.20. The molecule has 1 amide bonds. The number of oxime groups is 1. The van der Waals surface area contributed by atoms with Gasteiger partial charge in [0.05, 0.1) is 5.94 Å². The van der Waals surface area contributed by atoms with Crippen molar-refractivity contribution in [3.05, 3.63) is 0 Å². The van der Waals surface area contributed by atoms with Crippen LogP contribution in [-0.4, -0.2) is 41.3 Å². The van der Waals surface area contributed by atoms with Crippen molar-refractivity contribution in [1.29, 1.82) is 0 Å². The first-order valence-electron chi connectivity index (χ1n) is 5.35. The van der Waals surface area contributed by atoms with E-state index in [0.717, 1.165) is 0 Å². The fraction of sp³-hybridized carbons (Fsp3) is 0.778. The first-order chi connectivity index (χ1) is 7.50. The minimum Gasteiger partial charge on any atom is -0.426 e. The van der Waals surface area contributed by atoms with E-state index in [1.807, 2.05) is 13.8 Å². The van der Waals surface area contributed by atoms with Gasteiger partial charge in [-0.3, -0.25) is 4.79 Å². The molecule has 1 aliphatic rings. The summed E-state index contributed by atoms with van der Waals surface area (Å²) < 4.78 is 0. The highest BCUT2D eigenvalue weighted by molar-refractivity contribution is 6.43. The first kappa shape index (κ1) is 13.0. The van der Waals surface area contributed by atoms with Gasteiger partial charge in [-0.1, -0.05) is 19.0 Å². The van der Waals surface area contributed by atoms with Crippen LogP contribution >= 0.6 is 0 Å². The molecule has 0 bridgehead atoms. The van der Waals surface area contributed by atoms with Crippen molar-refractivity contribution in [1.82, 2.24) is 5.32 Å². The lowest BCUT2D eigenvalue weighted by molar-refractivity contribution is -0.131. The van der Waals surface area contributed by atoms with Gasteiger partial charge >= 0.3 is 7.12 Å². The van der Waals surface area contributed by atoms with Gasteiger partial charge < -0.3 is 20.2 Å². The molecule has 16 heavy (non-hydrogen) atoms. The van der Waals surface area contributed by atoms with Crippen LogP contribution in [0.15, 0.2) is 5.16 Å². The van der Waals surface area contributed by atoms with Gasteiger partial charge in [0.15, 0.2) is 0 Å². The molecule has 1 rings (SSSR count). The monoisotopic (exact) mass is 228 g/mol. The number of carbonyl (C=O) groups excluding carboxylic acids is 1. The molecule has 0 fully saturated rings. The van der Waals surface area contributed by atoms with Crippen molar-refractivity contribution in [2.24, 2.45) is 11.1 Å². The Balaban J connectivity index is 2.44. The van der Waals surface area contributed by atoms with E-state index in [2.05, 4.69) is 10.5 Å². The number of nitrogens with one attached hydrogen (secondary N) is 1. The molecule has 0 aromatic heterocycles. The topological polar surface area (TPSA) is 91.2 Å². The Morgan fingerprint density at radius 2 is 2.38 bits per heavy atom. The Morgan fingerprint density at radius 3 is 2.81 bits per heavy atom. The molecular weight excluding hydrogens is 211 g/mol. The van der Waals surface area contributed by atoms with E-state index in [0.29, 0.717) is 12.8 Å². The van der Waals surface area contributed by atoms with Gasteiger partial charge in [-0.05, 0) is 12.3 Å². The van der Waals surface area contributed by atoms with Crippen LogP contribution in [0.5, 0.6) is 0 Å².